The minimum absolute atomic E-state index is 0.0789. The number of amides is 1. The van der Waals surface area contributed by atoms with E-state index in [1.54, 1.807) is 0 Å². The van der Waals surface area contributed by atoms with E-state index in [9.17, 15) is 18.0 Å². The monoisotopic (exact) mass is 396 g/mol. The average Bonchev–Trinajstić information content (AvgIpc) is 2.97. The highest BCUT2D eigenvalue weighted by molar-refractivity contribution is 7.17. The third-order valence-electron chi connectivity index (χ3n) is 3.72. The molecule has 10 heteroatoms. The number of hydrogen-bond donors (Lipinski definition) is 2. The molecule has 2 heterocycles. The standard InChI is InChI=1S/C17H15F3N4O2S/c1-9-7-27-16-13(9)15(22-8-23-16)24-11-3-2-10(14(21)25)6-12(11)26-5-4-17(18,19)20/h2-3,6-8H,4-5H2,1H3,(H2,21,25)(H,22,23,24). The lowest BCUT2D eigenvalue weighted by atomic mass is 10.1. The van der Waals surface area contributed by atoms with Crippen LogP contribution in [0.15, 0.2) is 29.9 Å². The minimum atomic E-state index is -4.35. The van der Waals surface area contributed by atoms with Gasteiger partial charge in [-0.25, -0.2) is 9.97 Å². The largest absolute Gasteiger partial charge is 0.491 e. The van der Waals surface area contributed by atoms with Crippen molar-refractivity contribution < 1.29 is 22.7 Å². The number of aromatic nitrogens is 2. The maximum Gasteiger partial charge on any atom is 0.392 e. The number of ether oxygens (including phenoxy) is 1. The average molecular weight is 396 g/mol. The van der Waals surface area contributed by atoms with Gasteiger partial charge in [-0.1, -0.05) is 0 Å². The maximum absolute atomic E-state index is 12.4. The van der Waals surface area contributed by atoms with Crippen molar-refractivity contribution in [3.63, 3.8) is 0 Å². The van der Waals surface area contributed by atoms with Crippen molar-refractivity contribution in [2.45, 2.75) is 19.5 Å². The number of primary amides is 1. The van der Waals surface area contributed by atoms with Gasteiger partial charge in [0.15, 0.2) is 0 Å². The summed E-state index contributed by atoms with van der Waals surface area (Å²) in [6.07, 6.45) is -4.07. The Morgan fingerprint density at radius 3 is 2.81 bits per heavy atom. The highest BCUT2D eigenvalue weighted by Crippen LogP contribution is 2.34. The summed E-state index contributed by atoms with van der Waals surface area (Å²) in [6.45, 7) is 1.32. The molecule has 0 spiro atoms. The van der Waals surface area contributed by atoms with Gasteiger partial charge in [-0.15, -0.1) is 11.3 Å². The first-order valence-electron chi connectivity index (χ1n) is 7.84. The molecule has 142 valence electrons. The zero-order chi connectivity index (χ0) is 19.6. The zero-order valence-electron chi connectivity index (χ0n) is 14.1. The van der Waals surface area contributed by atoms with E-state index in [0.717, 1.165) is 15.8 Å². The highest BCUT2D eigenvalue weighted by Gasteiger charge is 2.27. The molecule has 3 N–H and O–H groups in total. The van der Waals surface area contributed by atoms with Crippen molar-refractivity contribution >= 4 is 39.0 Å². The van der Waals surface area contributed by atoms with Crippen LogP contribution in [0, 0.1) is 6.92 Å². The normalized spacial score (nSPS) is 11.6. The van der Waals surface area contributed by atoms with Gasteiger partial charge in [-0.3, -0.25) is 4.79 Å². The second kappa shape index (κ2) is 7.39. The van der Waals surface area contributed by atoms with Crippen molar-refractivity contribution in [1.29, 1.82) is 0 Å². The number of nitrogens with two attached hydrogens (primary N) is 1. The smallest absolute Gasteiger partial charge is 0.392 e. The highest BCUT2D eigenvalue weighted by atomic mass is 32.1. The first-order valence-corrected chi connectivity index (χ1v) is 8.72. The lowest BCUT2D eigenvalue weighted by molar-refractivity contribution is -0.139. The number of fused-ring (bicyclic) bond motifs is 1. The van der Waals surface area contributed by atoms with E-state index in [-0.39, 0.29) is 11.3 Å². The molecule has 3 aromatic rings. The van der Waals surface area contributed by atoms with E-state index in [0.29, 0.717) is 11.5 Å². The molecule has 0 aliphatic rings. The molecular formula is C17H15F3N4O2S. The molecule has 0 saturated carbocycles. The number of carbonyl (C=O) groups is 1. The third kappa shape index (κ3) is 4.45. The number of alkyl halides is 3. The van der Waals surface area contributed by atoms with Gasteiger partial charge in [0.05, 0.1) is 24.1 Å². The van der Waals surface area contributed by atoms with Crippen LogP contribution in [0.5, 0.6) is 5.75 Å². The van der Waals surface area contributed by atoms with Gasteiger partial charge in [0.1, 0.15) is 22.7 Å². The number of hydrogen-bond acceptors (Lipinski definition) is 6. The molecule has 0 radical (unpaired) electrons. The number of rotatable bonds is 6. The molecule has 2 aromatic heterocycles. The van der Waals surface area contributed by atoms with E-state index in [1.807, 2.05) is 12.3 Å². The van der Waals surface area contributed by atoms with Crippen LogP contribution in [0.4, 0.5) is 24.7 Å². The first-order chi connectivity index (χ1) is 12.7. The lowest BCUT2D eigenvalue weighted by Crippen LogP contribution is -2.15. The molecule has 1 amide bonds. The number of nitrogens with zero attached hydrogens (tertiary/aromatic N) is 2. The summed E-state index contributed by atoms with van der Waals surface area (Å²) in [7, 11) is 0. The second-order valence-corrected chi connectivity index (χ2v) is 6.59. The van der Waals surface area contributed by atoms with Gasteiger partial charge < -0.3 is 15.8 Å². The number of halogens is 3. The number of thiophene rings is 1. The quantitative estimate of drug-likeness (QED) is 0.653. The summed E-state index contributed by atoms with van der Waals surface area (Å²) in [5.41, 5.74) is 6.71. The van der Waals surface area contributed by atoms with Gasteiger partial charge in [-0.05, 0) is 36.1 Å². The van der Waals surface area contributed by atoms with Gasteiger partial charge >= 0.3 is 6.18 Å². The molecule has 1 aromatic carbocycles. The maximum atomic E-state index is 12.4. The predicted octanol–water partition coefficient (Wildman–Crippen LogP) is 4.17. The van der Waals surface area contributed by atoms with Crippen molar-refractivity contribution in [3.05, 3.63) is 41.0 Å². The Morgan fingerprint density at radius 1 is 1.33 bits per heavy atom. The van der Waals surface area contributed by atoms with Crippen molar-refractivity contribution in [2.24, 2.45) is 5.73 Å². The molecule has 0 aliphatic heterocycles. The van der Waals surface area contributed by atoms with Crippen molar-refractivity contribution in [1.82, 2.24) is 9.97 Å². The van der Waals surface area contributed by atoms with Gasteiger partial charge in [-0.2, -0.15) is 13.2 Å². The minimum Gasteiger partial charge on any atom is -0.491 e. The first kappa shape index (κ1) is 18.9. The lowest BCUT2D eigenvalue weighted by Gasteiger charge is -2.15. The van der Waals surface area contributed by atoms with Crippen molar-refractivity contribution in [2.75, 3.05) is 11.9 Å². The number of benzene rings is 1. The van der Waals surface area contributed by atoms with Crippen LogP contribution in [0.1, 0.15) is 22.3 Å². The van der Waals surface area contributed by atoms with Crippen LogP contribution in [0.25, 0.3) is 10.2 Å². The Morgan fingerprint density at radius 2 is 2.11 bits per heavy atom. The summed E-state index contributed by atoms with van der Waals surface area (Å²) < 4.78 is 42.5. The molecule has 0 atom stereocenters. The summed E-state index contributed by atoms with van der Waals surface area (Å²) in [5, 5.41) is 5.79. The Labute approximate surface area is 156 Å². The molecular weight excluding hydrogens is 381 g/mol. The molecule has 0 aliphatic carbocycles. The van der Waals surface area contributed by atoms with Crippen LogP contribution in [0.3, 0.4) is 0 Å². The fourth-order valence-electron chi connectivity index (χ4n) is 2.41. The molecule has 0 bridgehead atoms. The number of aryl methyl sites for hydroxylation is 1. The summed E-state index contributed by atoms with van der Waals surface area (Å²) >= 11 is 1.46. The molecule has 0 saturated heterocycles. The zero-order valence-corrected chi connectivity index (χ0v) is 14.9. The van der Waals surface area contributed by atoms with E-state index in [2.05, 4.69) is 15.3 Å². The third-order valence-corrected chi connectivity index (χ3v) is 4.72. The SMILES string of the molecule is Cc1csc2ncnc(Nc3ccc(C(N)=O)cc3OCCC(F)(F)F)c12. The molecule has 3 rings (SSSR count). The molecule has 0 fully saturated rings. The van der Waals surface area contributed by atoms with Gasteiger partial charge in [0, 0.05) is 5.56 Å². The van der Waals surface area contributed by atoms with Crippen LogP contribution >= 0.6 is 11.3 Å². The Bertz CT molecular complexity index is 988. The summed E-state index contributed by atoms with van der Waals surface area (Å²) in [6, 6.07) is 4.28. The Kier molecular flexibility index (Phi) is 5.17. The van der Waals surface area contributed by atoms with Gasteiger partial charge in [0.25, 0.3) is 0 Å². The predicted molar refractivity (Wildman–Crippen MR) is 96.6 cm³/mol. The van der Waals surface area contributed by atoms with E-state index >= 15 is 0 Å². The molecule has 6 nitrogen and oxygen atoms in total. The van der Waals surface area contributed by atoms with Crippen LogP contribution in [-0.4, -0.2) is 28.7 Å². The molecule has 0 unspecified atom stereocenters. The van der Waals surface area contributed by atoms with Crippen LogP contribution in [-0.2, 0) is 0 Å². The van der Waals surface area contributed by atoms with Crippen molar-refractivity contribution in [3.8, 4) is 5.75 Å². The van der Waals surface area contributed by atoms with Crippen LogP contribution < -0.4 is 15.8 Å². The Balaban J connectivity index is 1.93. The van der Waals surface area contributed by atoms with Gasteiger partial charge in [0.2, 0.25) is 5.91 Å². The Hall–Kier alpha value is -2.88. The van der Waals surface area contributed by atoms with E-state index < -0.39 is 25.1 Å². The topological polar surface area (TPSA) is 90.1 Å². The number of anilines is 2. The second-order valence-electron chi connectivity index (χ2n) is 5.73. The summed E-state index contributed by atoms with van der Waals surface area (Å²) in [4.78, 5) is 20.6. The van der Waals surface area contributed by atoms with E-state index in [4.69, 9.17) is 10.5 Å². The van der Waals surface area contributed by atoms with E-state index in [1.165, 1.54) is 35.9 Å². The van der Waals surface area contributed by atoms with Crippen LogP contribution in [0.2, 0.25) is 0 Å². The number of carbonyl (C=O) groups excluding carboxylic acids is 1. The fraction of sp³-hybridized carbons (Fsp3) is 0.235. The summed E-state index contributed by atoms with van der Waals surface area (Å²) in [5.74, 6) is -0.137. The molecule has 27 heavy (non-hydrogen) atoms. The number of nitrogens with one attached hydrogen (secondary N) is 1. The fourth-order valence-corrected chi connectivity index (χ4v) is 3.30.